The number of nitrogens with two attached hydrogens (primary N) is 1. The molecular formula is C6H8N2O5. The van der Waals surface area contributed by atoms with Gasteiger partial charge in [-0.1, -0.05) is 0 Å². The number of amides is 2. The third-order valence-corrected chi connectivity index (χ3v) is 2.07. The number of hydrogen-bond donors (Lipinski definition) is 3. The Morgan fingerprint density at radius 2 is 1.69 bits per heavy atom. The molecule has 1 rings (SSSR count). The van der Waals surface area contributed by atoms with Gasteiger partial charge in [-0.05, 0) is 0 Å². The number of primary amides is 1. The van der Waals surface area contributed by atoms with Gasteiger partial charge in [0.25, 0.3) is 0 Å². The van der Waals surface area contributed by atoms with E-state index >= 15 is 0 Å². The molecule has 0 unspecified atom stereocenters. The fraction of sp³-hybridized carbons (Fsp3) is 0.500. The van der Waals surface area contributed by atoms with E-state index < -0.39 is 23.4 Å². The van der Waals surface area contributed by atoms with Crippen molar-refractivity contribution in [2.24, 2.45) is 11.1 Å². The fourth-order valence-electron chi connectivity index (χ4n) is 1.14. The third kappa shape index (κ3) is 1.17. The summed E-state index contributed by atoms with van der Waals surface area (Å²) in [5.74, 6) is -2.38. The van der Waals surface area contributed by atoms with Crippen molar-refractivity contribution in [1.82, 2.24) is 4.90 Å². The zero-order chi connectivity index (χ0) is 10.2. The molecule has 1 fully saturated rings. The van der Waals surface area contributed by atoms with Crippen LogP contribution in [-0.2, 0) is 9.59 Å². The molecule has 0 saturated carbocycles. The number of rotatable bonds is 2. The molecule has 0 bridgehead atoms. The highest BCUT2D eigenvalue weighted by atomic mass is 16.4. The molecule has 0 aliphatic carbocycles. The second kappa shape index (κ2) is 2.61. The van der Waals surface area contributed by atoms with Crippen LogP contribution in [0, 0.1) is 5.41 Å². The Balaban J connectivity index is 2.75. The van der Waals surface area contributed by atoms with Gasteiger partial charge in [-0.2, -0.15) is 0 Å². The monoisotopic (exact) mass is 188 g/mol. The van der Waals surface area contributed by atoms with Crippen LogP contribution in [0.15, 0.2) is 0 Å². The maximum atomic E-state index is 10.7. The Morgan fingerprint density at radius 1 is 1.23 bits per heavy atom. The minimum absolute atomic E-state index is 0.368. The Morgan fingerprint density at radius 3 is 1.92 bits per heavy atom. The second-order valence-electron chi connectivity index (χ2n) is 2.89. The maximum absolute atomic E-state index is 10.7. The van der Waals surface area contributed by atoms with Gasteiger partial charge in [0.2, 0.25) is 5.91 Å². The summed E-state index contributed by atoms with van der Waals surface area (Å²) in [7, 11) is 0. The molecule has 1 heterocycles. The summed E-state index contributed by atoms with van der Waals surface area (Å²) >= 11 is 0. The van der Waals surface area contributed by atoms with Crippen LogP contribution in [-0.4, -0.2) is 46.2 Å². The van der Waals surface area contributed by atoms with E-state index in [1.165, 1.54) is 0 Å². The molecule has 13 heavy (non-hydrogen) atoms. The number of carboxylic acid groups (broad SMARTS) is 2. The number of carbonyl (C=O) groups is 3. The van der Waals surface area contributed by atoms with E-state index in [4.69, 9.17) is 15.9 Å². The molecule has 0 atom stereocenters. The first-order chi connectivity index (χ1) is 5.90. The van der Waals surface area contributed by atoms with Gasteiger partial charge < -0.3 is 20.8 Å². The molecule has 1 aliphatic heterocycles. The van der Waals surface area contributed by atoms with Crippen LogP contribution >= 0.6 is 0 Å². The second-order valence-corrected chi connectivity index (χ2v) is 2.89. The third-order valence-electron chi connectivity index (χ3n) is 2.07. The van der Waals surface area contributed by atoms with Gasteiger partial charge in [-0.3, -0.25) is 9.59 Å². The average molecular weight is 188 g/mol. The molecule has 0 aromatic heterocycles. The molecule has 2 amide bonds. The van der Waals surface area contributed by atoms with Gasteiger partial charge >= 0.3 is 12.1 Å². The van der Waals surface area contributed by atoms with Gasteiger partial charge in [-0.25, -0.2) is 4.79 Å². The standard InChI is InChI=1S/C6H8N2O5/c7-3(9)6(4(10)11)1-8(2-6)5(12)13/h1-2H2,(H2,7,9)(H,10,11)(H,12,13). The van der Waals surface area contributed by atoms with E-state index in [9.17, 15) is 14.4 Å². The van der Waals surface area contributed by atoms with Gasteiger partial charge in [0.15, 0.2) is 5.41 Å². The van der Waals surface area contributed by atoms with Crippen LogP contribution in [0.25, 0.3) is 0 Å². The van der Waals surface area contributed by atoms with Gasteiger partial charge in [-0.15, -0.1) is 0 Å². The summed E-state index contributed by atoms with van der Waals surface area (Å²) in [6.45, 7) is -0.736. The van der Waals surface area contributed by atoms with Gasteiger partial charge in [0.1, 0.15) is 0 Å². The fourth-order valence-corrected chi connectivity index (χ4v) is 1.14. The molecule has 1 saturated heterocycles. The predicted octanol–water partition coefficient (Wildman–Crippen LogP) is -1.46. The number of likely N-dealkylation sites (tertiary alicyclic amines) is 1. The van der Waals surface area contributed by atoms with Crippen LogP contribution in [0.5, 0.6) is 0 Å². The molecule has 7 nitrogen and oxygen atoms in total. The number of carboxylic acids is 1. The first kappa shape index (κ1) is 9.30. The highest BCUT2D eigenvalue weighted by Crippen LogP contribution is 2.30. The van der Waals surface area contributed by atoms with E-state index in [1.54, 1.807) is 0 Å². The Hall–Kier alpha value is -1.79. The van der Waals surface area contributed by atoms with Crippen molar-refractivity contribution in [3.8, 4) is 0 Å². The molecule has 72 valence electrons. The normalized spacial score (nSPS) is 18.9. The lowest BCUT2D eigenvalue weighted by Gasteiger charge is -2.42. The van der Waals surface area contributed by atoms with Crippen molar-refractivity contribution in [3.63, 3.8) is 0 Å². The smallest absolute Gasteiger partial charge is 0.407 e. The summed E-state index contributed by atoms with van der Waals surface area (Å²) in [6.07, 6.45) is -1.25. The molecule has 0 radical (unpaired) electrons. The summed E-state index contributed by atoms with van der Waals surface area (Å²) in [5.41, 5.74) is 3.13. The quantitative estimate of drug-likeness (QED) is 0.457. The predicted molar refractivity (Wildman–Crippen MR) is 38.9 cm³/mol. The Bertz CT molecular complexity index is 265. The van der Waals surface area contributed by atoms with Crippen molar-refractivity contribution in [2.45, 2.75) is 0 Å². The number of nitrogens with zero attached hydrogens (tertiary/aromatic N) is 1. The minimum atomic E-state index is -1.72. The SMILES string of the molecule is NC(=O)C1(C(=O)O)CN(C(=O)O)C1. The van der Waals surface area contributed by atoms with Crippen LogP contribution in [0.2, 0.25) is 0 Å². The molecule has 0 aromatic rings. The summed E-state index contributed by atoms with van der Waals surface area (Å²) < 4.78 is 0. The lowest BCUT2D eigenvalue weighted by atomic mass is 9.79. The minimum Gasteiger partial charge on any atom is -0.480 e. The van der Waals surface area contributed by atoms with E-state index in [1.807, 2.05) is 0 Å². The van der Waals surface area contributed by atoms with Crippen molar-refractivity contribution in [1.29, 1.82) is 0 Å². The van der Waals surface area contributed by atoms with Gasteiger partial charge in [0, 0.05) is 0 Å². The van der Waals surface area contributed by atoms with Crippen LogP contribution in [0.3, 0.4) is 0 Å². The maximum Gasteiger partial charge on any atom is 0.407 e. The first-order valence-corrected chi connectivity index (χ1v) is 3.41. The number of carbonyl (C=O) groups excluding carboxylic acids is 1. The van der Waals surface area contributed by atoms with Crippen molar-refractivity contribution >= 4 is 18.0 Å². The molecule has 7 heteroatoms. The zero-order valence-corrected chi connectivity index (χ0v) is 6.56. The van der Waals surface area contributed by atoms with Crippen molar-refractivity contribution in [2.75, 3.05) is 13.1 Å². The first-order valence-electron chi connectivity index (χ1n) is 3.41. The van der Waals surface area contributed by atoms with E-state index in [0.29, 0.717) is 0 Å². The summed E-state index contributed by atoms with van der Waals surface area (Å²) in [5, 5.41) is 17.0. The highest BCUT2D eigenvalue weighted by Gasteiger charge is 2.56. The largest absolute Gasteiger partial charge is 0.480 e. The van der Waals surface area contributed by atoms with Crippen molar-refractivity contribution < 1.29 is 24.6 Å². The van der Waals surface area contributed by atoms with Crippen LogP contribution < -0.4 is 5.73 Å². The molecular weight excluding hydrogens is 180 g/mol. The molecule has 0 aromatic carbocycles. The van der Waals surface area contributed by atoms with Gasteiger partial charge in [0.05, 0.1) is 13.1 Å². The molecule has 4 N–H and O–H groups in total. The summed E-state index contributed by atoms with van der Waals surface area (Å²) in [6, 6.07) is 0. The van der Waals surface area contributed by atoms with E-state index in [-0.39, 0.29) is 13.1 Å². The van der Waals surface area contributed by atoms with Crippen LogP contribution in [0.1, 0.15) is 0 Å². The Labute approximate surface area is 72.7 Å². The topological polar surface area (TPSA) is 121 Å². The number of aliphatic carboxylic acids is 1. The van der Waals surface area contributed by atoms with E-state index in [0.717, 1.165) is 4.90 Å². The lowest BCUT2D eigenvalue weighted by Crippen LogP contribution is -2.67. The summed E-state index contributed by atoms with van der Waals surface area (Å²) in [4.78, 5) is 32.4. The highest BCUT2D eigenvalue weighted by molar-refractivity contribution is 6.03. The van der Waals surface area contributed by atoms with E-state index in [2.05, 4.69) is 0 Å². The Kier molecular flexibility index (Phi) is 1.87. The van der Waals surface area contributed by atoms with Crippen molar-refractivity contribution in [3.05, 3.63) is 0 Å². The average Bonchev–Trinajstić information content (AvgIpc) is 1.80. The van der Waals surface area contributed by atoms with Crippen LogP contribution in [0.4, 0.5) is 4.79 Å². The molecule has 0 spiro atoms. The lowest BCUT2D eigenvalue weighted by molar-refractivity contribution is -0.164. The number of hydrogen-bond acceptors (Lipinski definition) is 3. The molecule has 1 aliphatic rings. The zero-order valence-electron chi connectivity index (χ0n) is 6.56.